The molecule has 172 valence electrons. The Labute approximate surface area is 190 Å². The van der Waals surface area contributed by atoms with E-state index in [1.54, 1.807) is 18.7 Å². The minimum absolute atomic E-state index is 0.00771. The van der Waals surface area contributed by atoms with Crippen LogP contribution in [0, 0.1) is 24.2 Å². The van der Waals surface area contributed by atoms with Gasteiger partial charge in [0.25, 0.3) is 0 Å². The van der Waals surface area contributed by atoms with Crippen molar-refractivity contribution in [1.29, 1.82) is 5.26 Å². The Morgan fingerprint density at radius 1 is 1.16 bits per heavy atom. The molecule has 0 saturated heterocycles. The molecule has 32 heavy (non-hydrogen) atoms. The van der Waals surface area contributed by atoms with Crippen molar-refractivity contribution in [2.24, 2.45) is 13.0 Å². The number of hydrogen-bond acceptors (Lipinski definition) is 6. The zero-order chi connectivity index (χ0) is 24.1. The predicted molar refractivity (Wildman–Crippen MR) is 123 cm³/mol. The zero-order valence-corrected chi connectivity index (χ0v) is 20.2. The third-order valence-electron chi connectivity index (χ3n) is 4.69. The molecule has 2 rings (SSSR count). The van der Waals surface area contributed by atoms with E-state index in [0.29, 0.717) is 16.8 Å². The standard InChI is InChI=1S/C25H33N3O4/c1-16(2)15-30-24(29)32-18(4)31-23(22-13-17(3)27-28(22)8)21(14-26)19-9-11-20(12-10-19)25(5,6)7/h9-13,16,18H,15H2,1-8H3/b23-21-. The smallest absolute Gasteiger partial charge is 0.451 e. The van der Waals surface area contributed by atoms with Gasteiger partial charge in [0.1, 0.15) is 17.3 Å². The normalized spacial score (nSPS) is 13.2. The molecule has 0 aliphatic heterocycles. The number of aryl methyl sites for hydroxylation is 2. The van der Waals surface area contributed by atoms with Crippen LogP contribution in [0.3, 0.4) is 0 Å². The van der Waals surface area contributed by atoms with E-state index in [9.17, 15) is 10.1 Å². The third-order valence-corrected chi connectivity index (χ3v) is 4.69. The Balaban J connectivity index is 2.43. The maximum atomic E-state index is 12.0. The Bertz CT molecular complexity index is 1010. The number of carbonyl (C=O) groups excluding carboxylic acids is 1. The van der Waals surface area contributed by atoms with E-state index in [4.69, 9.17) is 14.2 Å². The second-order valence-electron chi connectivity index (χ2n) is 9.20. The Hall–Kier alpha value is -3.27. The van der Waals surface area contributed by atoms with E-state index >= 15 is 0 Å². The van der Waals surface area contributed by atoms with E-state index < -0.39 is 12.4 Å². The summed E-state index contributed by atoms with van der Waals surface area (Å²) in [6.07, 6.45) is -1.79. The molecule has 0 N–H and O–H groups in total. The molecule has 7 heteroatoms. The maximum Gasteiger partial charge on any atom is 0.511 e. The molecule has 7 nitrogen and oxygen atoms in total. The highest BCUT2D eigenvalue weighted by molar-refractivity contribution is 5.94. The molecule has 0 amide bonds. The van der Waals surface area contributed by atoms with Crippen molar-refractivity contribution in [2.75, 3.05) is 6.61 Å². The Kier molecular flexibility index (Phi) is 8.09. The van der Waals surface area contributed by atoms with E-state index in [0.717, 1.165) is 11.3 Å². The fraction of sp³-hybridized carbons (Fsp3) is 0.480. The van der Waals surface area contributed by atoms with Crippen LogP contribution in [0.5, 0.6) is 0 Å². The number of benzene rings is 1. The fourth-order valence-corrected chi connectivity index (χ4v) is 3.05. The molecule has 1 unspecified atom stereocenters. The lowest BCUT2D eigenvalue weighted by Crippen LogP contribution is -2.21. The number of aromatic nitrogens is 2. The second-order valence-corrected chi connectivity index (χ2v) is 9.20. The largest absolute Gasteiger partial charge is 0.511 e. The second kappa shape index (κ2) is 10.4. The summed E-state index contributed by atoms with van der Waals surface area (Å²) < 4.78 is 17.9. The van der Waals surface area contributed by atoms with Crippen molar-refractivity contribution >= 4 is 17.5 Å². The average molecular weight is 440 g/mol. The van der Waals surface area contributed by atoms with Crippen LogP contribution in [0.25, 0.3) is 11.3 Å². The maximum absolute atomic E-state index is 12.0. The highest BCUT2D eigenvalue weighted by atomic mass is 16.8. The van der Waals surface area contributed by atoms with E-state index in [-0.39, 0.29) is 23.7 Å². The van der Waals surface area contributed by atoms with Crippen LogP contribution in [0.2, 0.25) is 0 Å². The molecule has 2 aromatic rings. The van der Waals surface area contributed by atoms with Gasteiger partial charge < -0.3 is 14.2 Å². The molecule has 1 aromatic heterocycles. The molecular weight excluding hydrogens is 406 g/mol. The third kappa shape index (κ3) is 6.61. The number of nitriles is 1. The molecule has 0 spiro atoms. The molecule has 0 aliphatic carbocycles. The number of hydrogen-bond donors (Lipinski definition) is 0. The Morgan fingerprint density at radius 3 is 2.25 bits per heavy atom. The van der Waals surface area contributed by atoms with Gasteiger partial charge in [0.2, 0.25) is 6.29 Å². The zero-order valence-electron chi connectivity index (χ0n) is 20.2. The first-order valence-electron chi connectivity index (χ1n) is 10.7. The first kappa shape index (κ1) is 25.0. The summed E-state index contributed by atoms with van der Waals surface area (Å²) in [5.41, 5.74) is 3.54. The number of nitrogens with zero attached hydrogens (tertiary/aromatic N) is 3. The molecule has 0 saturated carbocycles. The van der Waals surface area contributed by atoms with Crippen molar-refractivity contribution in [3.05, 3.63) is 52.8 Å². The van der Waals surface area contributed by atoms with Crippen LogP contribution >= 0.6 is 0 Å². The monoisotopic (exact) mass is 439 g/mol. The minimum atomic E-state index is -0.975. The highest BCUT2D eigenvalue weighted by Crippen LogP contribution is 2.31. The summed E-state index contributed by atoms with van der Waals surface area (Å²) in [7, 11) is 1.77. The van der Waals surface area contributed by atoms with Gasteiger partial charge in [0.15, 0.2) is 5.76 Å². The quantitative estimate of drug-likeness (QED) is 0.242. The van der Waals surface area contributed by atoms with Gasteiger partial charge in [0, 0.05) is 14.0 Å². The van der Waals surface area contributed by atoms with E-state index in [2.05, 4.69) is 31.9 Å². The van der Waals surface area contributed by atoms with Gasteiger partial charge in [-0.25, -0.2) is 4.79 Å². The number of carbonyl (C=O) groups is 1. The van der Waals surface area contributed by atoms with Gasteiger partial charge in [-0.2, -0.15) is 10.4 Å². The molecule has 0 bridgehead atoms. The lowest BCUT2D eigenvalue weighted by atomic mass is 9.86. The molecule has 1 heterocycles. The average Bonchev–Trinajstić information content (AvgIpc) is 3.03. The van der Waals surface area contributed by atoms with Gasteiger partial charge in [0.05, 0.1) is 12.3 Å². The minimum Gasteiger partial charge on any atom is -0.451 e. The van der Waals surface area contributed by atoms with Gasteiger partial charge in [-0.05, 0) is 35.4 Å². The van der Waals surface area contributed by atoms with Crippen LogP contribution in [0.1, 0.15) is 64.1 Å². The van der Waals surface area contributed by atoms with Crippen molar-refractivity contribution in [3.8, 4) is 6.07 Å². The molecule has 1 aromatic carbocycles. The molecule has 0 fully saturated rings. The lowest BCUT2D eigenvalue weighted by molar-refractivity contribution is -0.0690. The number of rotatable bonds is 7. The van der Waals surface area contributed by atoms with Crippen LogP contribution in [-0.2, 0) is 26.7 Å². The first-order chi connectivity index (χ1) is 14.9. The summed E-state index contributed by atoms with van der Waals surface area (Å²) in [6.45, 7) is 13.9. The first-order valence-corrected chi connectivity index (χ1v) is 10.7. The highest BCUT2D eigenvalue weighted by Gasteiger charge is 2.23. The van der Waals surface area contributed by atoms with Crippen molar-refractivity contribution in [3.63, 3.8) is 0 Å². The van der Waals surface area contributed by atoms with Crippen LogP contribution in [-0.4, -0.2) is 28.8 Å². The van der Waals surface area contributed by atoms with Crippen molar-refractivity contribution < 1.29 is 19.0 Å². The fourth-order valence-electron chi connectivity index (χ4n) is 3.05. The topological polar surface area (TPSA) is 86.4 Å². The summed E-state index contributed by atoms with van der Waals surface area (Å²) in [5.74, 6) is 0.469. The van der Waals surface area contributed by atoms with Crippen LogP contribution in [0.15, 0.2) is 30.3 Å². The van der Waals surface area contributed by atoms with Gasteiger partial charge in [-0.15, -0.1) is 0 Å². The van der Waals surface area contributed by atoms with Crippen molar-refractivity contribution in [1.82, 2.24) is 9.78 Å². The lowest BCUT2D eigenvalue weighted by Gasteiger charge is -2.21. The van der Waals surface area contributed by atoms with Gasteiger partial charge in [-0.3, -0.25) is 4.68 Å². The van der Waals surface area contributed by atoms with Crippen LogP contribution in [0.4, 0.5) is 4.79 Å². The number of ether oxygens (including phenoxy) is 3. The van der Waals surface area contributed by atoms with E-state index in [1.807, 2.05) is 51.1 Å². The Morgan fingerprint density at radius 2 is 1.78 bits per heavy atom. The molecule has 1 atom stereocenters. The summed E-state index contributed by atoms with van der Waals surface area (Å²) in [5, 5.41) is 14.4. The van der Waals surface area contributed by atoms with Crippen molar-refractivity contribution in [2.45, 2.75) is 60.2 Å². The molecule has 0 aliphatic rings. The van der Waals surface area contributed by atoms with E-state index in [1.165, 1.54) is 0 Å². The van der Waals surface area contributed by atoms with Gasteiger partial charge >= 0.3 is 6.16 Å². The van der Waals surface area contributed by atoms with Gasteiger partial charge in [-0.1, -0.05) is 58.9 Å². The van der Waals surface area contributed by atoms with Crippen LogP contribution < -0.4 is 0 Å². The molecule has 0 radical (unpaired) electrons. The number of allylic oxidation sites excluding steroid dienone is 1. The summed E-state index contributed by atoms with van der Waals surface area (Å²) in [6, 6.07) is 11.9. The molecular formula is C25H33N3O4. The summed E-state index contributed by atoms with van der Waals surface area (Å²) in [4.78, 5) is 12.0. The summed E-state index contributed by atoms with van der Waals surface area (Å²) >= 11 is 0. The predicted octanol–water partition coefficient (Wildman–Crippen LogP) is 5.59. The SMILES string of the molecule is Cc1cc(/C(OC(C)OC(=O)OCC(C)C)=C(\C#N)c2ccc(C(C)(C)C)cc2)n(C)n1.